The molecule has 5 aliphatic rings. The summed E-state index contributed by atoms with van der Waals surface area (Å²) in [6, 6.07) is 10.2. The zero-order chi connectivity index (χ0) is 26.1. The van der Waals surface area contributed by atoms with E-state index < -0.39 is 0 Å². The minimum absolute atomic E-state index is 0.0926. The van der Waals surface area contributed by atoms with E-state index >= 15 is 0 Å². The summed E-state index contributed by atoms with van der Waals surface area (Å²) >= 11 is 0. The van der Waals surface area contributed by atoms with Crippen molar-refractivity contribution in [2.45, 2.75) is 76.8 Å². The van der Waals surface area contributed by atoms with Crippen LogP contribution in [0.2, 0.25) is 0 Å². The van der Waals surface area contributed by atoms with E-state index in [1.165, 1.54) is 35.7 Å². The van der Waals surface area contributed by atoms with E-state index in [0.717, 1.165) is 54.9 Å². The molecule has 3 heterocycles. The summed E-state index contributed by atoms with van der Waals surface area (Å²) in [6.45, 7) is 11.6. The van der Waals surface area contributed by atoms with Gasteiger partial charge < -0.3 is 4.90 Å². The lowest BCUT2D eigenvalue weighted by atomic mass is 9.86. The minimum Gasteiger partial charge on any atom is -0.331 e. The Bertz CT molecular complexity index is 1220. The van der Waals surface area contributed by atoms with Crippen molar-refractivity contribution >= 4 is 25.1 Å². The van der Waals surface area contributed by atoms with E-state index in [0.29, 0.717) is 12.2 Å². The average Bonchev–Trinajstić information content (AvgIpc) is 3.70. The van der Waals surface area contributed by atoms with Crippen LogP contribution in [0, 0.1) is 12.5 Å². The maximum Gasteiger partial charge on any atom is 0.291 e. The Kier molecular flexibility index (Phi) is 7.46. The van der Waals surface area contributed by atoms with Gasteiger partial charge in [-0.3, -0.25) is 9.79 Å². The molecular weight excluding hydrogens is 455 g/mol. The number of aliphatic imine (C=N–C) groups is 1. The zero-order valence-corrected chi connectivity index (χ0v) is 22.1. The SMILES string of the molecule is C=CC(=C)C.[B]C1=NC(C)C(C(=O)N2CC[C]3C4=C(CCCCC42)N=[N+]3c2ccc(C3CC3)cc2)=C[CH]1. The van der Waals surface area contributed by atoms with E-state index in [1.807, 2.05) is 19.9 Å². The van der Waals surface area contributed by atoms with Gasteiger partial charge in [0.2, 0.25) is 5.69 Å². The number of rotatable bonds is 4. The van der Waals surface area contributed by atoms with Crippen molar-refractivity contribution in [1.82, 2.24) is 4.90 Å². The topological polar surface area (TPSA) is 48.0 Å². The van der Waals surface area contributed by atoms with Crippen molar-refractivity contribution in [1.29, 1.82) is 0 Å². The molecule has 0 N–H and O–H groups in total. The molecule has 1 aromatic rings. The van der Waals surface area contributed by atoms with Gasteiger partial charge in [-0.15, -0.1) is 0 Å². The zero-order valence-electron chi connectivity index (χ0n) is 22.1. The van der Waals surface area contributed by atoms with Gasteiger partial charge in [-0.1, -0.05) is 54.1 Å². The Morgan fingerprint density at radius 3 is 2.54 bits per heavy atom. The number of amides is 1. The fourth-order valence-electron chi connectivity index (χ4n) is 5.62. The van der Waals surface area contributed by atoms with E-state index in [9.17, 15) is 4.79 Å². The Hall–Kier alpha value is -3.02. The van der Waals surface area contributed by atoms with Crippen LogP contribution in [0.1, 0.15) is 70.3 Å². The fraction of sp³-hybridized carbons (Fsp3) is 0.419. The maximum atomic E-state index is 13.6. The Morgan fingerprint density at radius 1 is 1.16 bits per heavy atom. The first-order chi connectivity index (χ1) is 17.9. The monoisotopic (exact) mass is 491 g/mol. The maximum absolute atomic E-state index is 13.6. The number of nitrogens with zero attached hydrogens (tertiary/aromatic N) is 4. The predicted octanol–water partition coefficient (Wildman–Crippen LogP) is 6.48. The van der Waals surface area contributed by atoms with Crippen LogP contribution in [0.3, 0.4) is 0 Å². The van der Waals surface area contributed by atoms with Crippen molar-refractivity contribution < 1.29 is 9.49 Å². The van der Waals surface area contributed by atoms with Gasteiger partial charge in [0.25, 0.3) is 11.9 Å². The largest absolute Gasteiger partial charge is 0.331 e. The van der Waals surface area contributed by atoms with Crippen molar-refractivity contribution in [3.8, 4) is 0 Å². The number of carbonyl (C=O) groups is 1. The number of likely N-dealkylation sites (tertiary alicyclic amines) is 1. The molecule has 6 rings (SSSR count). The molecule has 4 radical (unpaired) electrons. The van der Waals surface area contributed by atoms with Crippen LogP contribution >= 0.6 is 0 Å². The molecule has 2 fully saturated rings. The van der Waals surface area contributed by atoms with Gasteiger partial charge in [0.15, 0.2) is 0 Å². The van der Waals surface area contributed by atoms with E-state index in [1.54, 1.807) is 12.5 Å². The van der Waals surface area contributed by atoms with Crippen LogP contribution in [-0.4, -0.2) is 47.6 Å². The highest BCUT2D eigenvalue weighted by molar-refractivity contribution is 6.62. The number of dihydropyridines is 1. The molecule has 2 unspecified atom stereocenters. The first kappa shape index (κ1) is 25.6. The fourth-order valence-corrected chi connectivity index (χ4v) is 5.62. The van der Waals surface area contributed by atoms with E-state index in [4.69, 9.17) is 13.0 Å². The lowest BCUT2D eigenvalue weighted by Crippen LogP contribution is -2.49. The molecule has 0 bridgehead atoms. The summed E-state index contributed by atoms with van der Waals surface area (Å²) in [6.07, 6.45) is 13.0. The van der Waals surface area contributed by atoms with Gasteiger partial charge in [-0.2, -0.15) is 0 Å². The van der Waals surface area contributed by atoms with Crippen LogP contribution in [0.25, 0.3) is 0 Å². The average molecular weight is 491 g/mol. The van der Waals surface area contributed by atoms with E-state index in [-0.39, 0.29) is 18.0 Å². The summed E-state index contributed by atoms with van der Waals surface area (Å²) in [5, 5.41) is 5.08. The second kappa shape index (κ2) is 10.8. The summed E-state index contributed by atoms with van der Waals surface area (Å²) < 4.78 is 2.16. The summed E-state index contributed by atoms with van der Waals surface area (Å²) in [7, 11) is 5.83. The van der Waals surface area contributed by atoms with Gasteiger partial charge in [0.05, 0.1) is 17.7 Å². The van der Waals surface area contributed by atoms with Gasteiger partial charge >= 0.3 is 0 Å². The number of hydrogen-bond donors (Lipinski definition) is 0. The molecule has 2 aliphatic carbocycles. The summed E-state index contributed by atoms with van der Waals surface area (Å²) in [5.41, 5.74) is 7.29. The van der Waals surface area contributed by atoms with Gasteiger partial charge in [0, 0.05) is 37.1 Å². The van der Waals surface area contributed by atoms with Crippen molar-refractivity contribution in [2.75, 3.05) is 6.54 Å². The van der Waals surface area contributed by atoms with Crippen LogP contribution in [-0.2, 0) is 4.79 Å². The van der Waals surface area contributed by atoms with Crippen LogP contribution in [0.4, 0.5) is 5.69 Å². The number of carbonyl (C=O) groups excluding carboxylic acids is 1. The Labute approximate surface area is 222 Å². The molecule has 3 aliphatic heterocycles. The third-order valence-electron chi connectivity index (χ3n) is 7.81. The highest BCUT2D eigenvalue weighted by Crippen LogP contribution is 2.47. The highest BCUT2D eigenvalue weighted by atomic mass is 16.2. The Balaban J connectivity index is 0.000000514. The second-order valence-corrected chi connectivity index (χ2v) is 10.7. The van der Waals surface area contributed by atoms with E-state index in [2.05, 4.69) is 52.0 Å². The van der Waals surface area contributed by atoms with Crippen molar-refractivity contribution in [3.63, 3.8) is 0 Å². The van der Waals surface area contributed by atoms with Crippen molar-refractivity contribution in [2.24, 2.45) is 10.1 Å². The summed E-state index contributed by atoms with van der Waals surface area (Å²) in [5.74, 6) is 0.851. The summed E-state index contributed by atoms with van der Waals surface area (Å²) in [4.78, 5) is 20.1. The molecule has 188 valence electrons. The molecule has 2 atom stereocenters. The lowest BCUT2D eigenvalue weighted by molar-refractivity contribution is -0.487. The van der Waals surface area contributed by atoms with Crippen LogP contribution in [0.15, 0.2) is 82.1 Å². The quantitative estimate of drug-likeness (QED) is 0.270. The molecule has 1 saturated heterocycles. The standard InChI is InChI=1S/C26H28BN4O.C5H8/c1-16-20(12-13-24(27)28-16)26(32)30-15-14-23-25-21(4-2-3-5-22(25)30)29-31(23)19-10-8-18(9-11-19)17-6-7-17;1-4-5(2)3/h8-13,16-17,22H,2-7,14-15H2,1H3;4H,1-2H2,3H3/q+1;. The molecule has 37 heavy (non-hydrogen) atoms. The number of piperidine rings is 1. The number of allylic oxidation sites excluding steroid dienone is 4. The third-order valence-corrected chi connectivity index (χ3v) is 7.81. The van der Waals surface area contributed by atoms with Gasteiger partial charge in [0.1, 0.15) is 13.5 Å². The highest BCUT2D eigenvalue weighted by Gasteiger charge is 2.51. The smallest absolute Gasteiger partial charge is 0.291 e. The molecule has 1 saturated carbocycles. The molecule has 5 nitrogen and oxygen atoms in total. The molecular formula is C31H36BN4O+. The number of hydrogen-bond acceptors (Lipinski definition) is 3. The number of azo groups is 2. The van der Waals surface area contributed by atoms with Gasteiger partial charge in [-0.25, -0.2) is 0 Å². The molecule has 6 heteroatoms. The normalized spacial score (nSPS) is 25.1. The first-order valence-electron chi connectivity index (χ1n) is 13.6. The molecule has 0 aromatic heterocycles. The minimum atomic E-state index is -0.202. The lowest BCUT2D eigenvalue weighted by Gasteiger charge is -2.38. The van der Waals surface area contributed by atoms with Crippen LogP contribution in [0.5, 0.6) is 0 Å². The molecule has 0 spiro atoms. The Morgan fingerprint density at radius 2 is 1.89 bits per heavy atom. The number of benzene rings is 1. The third kappa shape index (κ3) is 5.34. The second-order valence-electron chi connectivity index (χ2n) is 10.7. The van der Waals surface area contributed by atoms with Crippen LogP contribution < -0.4 is 0 Å². The predicted molar refractivity (Wildman–Crippen MR) is 150 cm³/mol. The van der Waals surface area contributed by atoms with Crippen molar-refractivity contribution in [3.05, 3.63) is 90.0 Å². The molecule has 1 amide bonds. The molecule has 1 aromatic carbocycles. The first-order valence-corrected chi connectivity index (χ1v) is 13.6. The van der Waals surface area contributed by atoms with Gasteiger partial charge in [-0.05, 0) is 68.2 Å².